The number of halogens is 1. The highest BCUT2D eigenvalue weighted by atomic mass is 19.1. The van der Waals surface area contributed by atoms with Gasteiger partial charge in [0, 0.05) is 23.5 Å². The lowest BCUT2D eigenvalue weighted by atomic mass is 10.1. The molecule has 0 saturated carbocycles. The van der Waals surface area contributed by atoms with Crippen molar-refractivity contribution < 1.29 is 4.39 Å². The fourth-order valence-corrected chi connectivity index (χ4v) is 2.18. The minimum absolute atomic E-state index is 0.277. The number of nitrogens with zero attached hydrogens (tertiary/aromatic N) is 3. The Morgan fingerprint density at radius 2 is 2.16 bits per heavy atom. The van der Waals surface area contributed by atoms with E-state index in [1.807, 2.05) is 18.3 Å². The second kappa shape index (κ2) is 4.78. The molecule has 0 radical (unpaired) electrons. The van der Waals surface area contributed by atoms with Crippen molar-refractivity contribution in [2.24, 2.45) is 5.73 Å². The highest BCUT2D eigenvalue weighted by molar-refractivity contribution is 5.70. The lowest BCUT2D eigenvalue weighted by Crippen LogP contribution is -2.03. The van der Waals surface area contributed by atoms with E-state index in [9.17, 15) is 4.39 Å². The highest BCUT2D eigenvalue weighted by Gasteiger charge is 2.14. The number of rotatable bonds is 3. The molecule has 0 aliphatic carbocycles. The average molecular weight is 256 g/mol. The first kappa shape index (κ1) is 11.8. The number of benzene rings is 1. The Hall–Kier alpha value is -2.27. The van der Waals surface area contributed by atoms with Crippen LogP contribution in [-0.2, 0) is 6.42 Å². The summed E-state index contributed by atoms with van der Waals surface area (Å²) >= 11 is 0. The predicted molar refractivity (Wildman–Crippen MR) is 71.1 cm³/mol. The number of fused-ring (bicyclic) bond motifs is 1. The van der Waals surface area contributed by atoms with Gasteiger partial charge in [-0.25, -0.2) is 13.9 Å². The van der Waals surface area contributed by atoms with Crippen LogP contribution in [0.2, 0.25) is 0 Å². The molecule has 0 bridgehead atoms. The first-order chi connectivity index (χ1) is 9.29. The Morgan fingerprint density at radius 3 is 2.95 bits per heavy atom. The molecule has 0 saturated heterocycles. The molecular weight excluding hydrogens is 243 g/mol. The fourth-order valence-electron chi connectivity index (χ4n) is 2.18. The van der Waals surface area contributed by atoms with Crippen LogP contribution in [0.4, 0.5) is 4.39 Å². The maximum absolute atomic E-state index is 13.4. The number of hydrogen-bond donors (Lipinski definition) is 1. The smallest absolute Gasteiger partial charge is 0.158 e. The topological polar surface area (TPSA) is 56.2 Å². The zero-order chi connectivity index (χ0) is 13.2. The van der Waals surface area contributed by atoms with E-state index in [1.165, 1.54) is 12.1 Å². The van der Waals surface area contributed by atoms with Crippen molar-refractivity contribution in [3.8, 4) is 11.3 Å². The molecule has 3 rings (SSSR count). The summed E-state index contributed by atoms with van der Waals surface area (Å²) in [6.45, 7) is 0.500. The van der Waals surface area contributed by atoms with Crippen molar-refractivity contribution in [3.63, 3.8) is 0 Å². The zero-order valence-corrected chi connectivity index (χ0v) is 10.3. The van der Waals surface area contributed by atoms with Gasteiger partial charge in [0.15, 0.2) is 5.65 Å². The normalized spacial score (nSPS) is 11.1. The molecular formula is C14H13FN4. The lowest BCUT2D eigenvalue weighted by Gasteiger charge is -2.01. The third-order valence-electron chi connectivity index (χ3n) is 2.98. The molecule has 0 spiro atoms. The minimum Gasteiger partial charge on any atom is -0.330 e. The summed E-state index contributed by atoms with van der Waals surface area (Å²) in [5.74, 6) is -0.277. The van der Waals surface area contributed by atoms with Crippen molar-refractivity contribution in [1.29, 1.82) is 0 Å². The van der Waals surface area contributed by atoms with Gasteiger partial charge in [-0.05, 0) is 31.2 Å². The molecule has 19 heavy (non-hydrogen) atoms. The number of nitrogens with two attached hydrogens (primary N) is 1. The quantitative estimate of drug-likeness (QED) is 0.780. The third kappa shape index (κ3) is 2.08. The molecule has 3 aromatic rings. The molecule has 0 unspecified atom stereocenters. The van der Waals surface area contributed by atoms with Crippen LogP contribution in [0.5, 0.6) is 0 Å². The predicted octanol–water partition coefficient (Wildman–Crippen LogP) is 2.04. The van der Waals surface area contributed by atoms with Gasteiger partial charge in [-0.15, -0.1) is 0 Å². The summed E-state index contributed by atoms with van der Waals surface area (Å²) in [6, 6.07) is 8.21. The molecule has 0 aliphatic rings. The van der Waals surface area contributed by atoms with E-state index in [-0.39, 0.29) is 5.82 Å². The van der Waals surface area contributed by atoms with Crippen LogP contribution in [0, 0.1) is 5.82 Å². The van der Waals surface area contributed by atoms with Crippen LogP contribution in [-0.4, -0.2) is 21.1 Å². The summed E-state index contributed by atoms with van der Waals surface area (Å²) in [4.78, 5) is 4.32. The van der Waals surface area contributed by atoms with Crippen molar-refractivity contribution in [2.45, 2.75) is 6.42 Å². The summed E-state index contributed by atoms with van der Waals surface area (Å²) in [7, 11) is 0. The summed E-state index contributed by atoms with van der Waals surface area (Å²) in [6.07, 6.45) is 4.20. The van der Waals surface area contributed by atoms with Crippen molar-refractivity contribution >= 4 is 5.65 Å². The van der Waals surface area contributed by atoms with Crippen LogP contribution < -0.4 is 5.73 Å². The second-order valence-corrected chi connectivity index (χ2v) is 4.26. The molecule has 2 heterocycles. The lowest BCUT2D eigenvalue weighted by molar-refractivity contribution is 0.628. The van der Waals surface area contributed by atoms with Crippen molar-refractivity contribution in [1.82, 2.24) is 14.6 Å². The monoisotopic (exact) mass is 256 g/mol. The van der Waals surface area contributed by atoms with E-state index in [0.717, 1.165) is 22.5 Å². The molecule has 0 fully saturated rings. The molecule has 0 aliphatic heterocycles. The van der Waals surface area contributed by atoms with Crippen LogP contribution in [0.15, 0.2) is 42.7 Å². The van der Waals surface area contributed by atoms with Gasteiger partial charge in [-0.3, -0.25) is 0 Å². The van der Waals surface area contributed by atoms with Gasteiger partial charge in [0.1, 0.15) is 5.82 Å². The Balaban J connectivity index is 2.25. The molecule has 1 aromatic carbocycles. The first-order valence-corrected chi connectivity index (χ1v) is 6.08. The van der Waals surface area contributed by atoms with Crippen molar-refractivity contribution in [2.75, 3.05) is 6.54 Å². The Kier molecular flexibility index (Phi) is 2.97. The maximum Gasteiger partial charge on any atom is 0.158 e. The Labute approximate surface area is 109 Å². The second-order valence-electron chi connectivity index (χ2n) is 4.26. The minimum atomic E-state index is -0.277. The fraction of sp³-hybridized carbons (Fsp3) is 0.143. The van der Waals surface area contributed by atoms with E-state index in [4.69, 9.17) is 5.73 Å². The highest BCUT2D eigenvalue weighted by Crippen LogP contribution is 2.25. The van der Waals surface area contributed by atoms with E-state index in [2.05, 4.69) is 10.1 Å². The van der Waals surface area contributed by atoms with E-state index in [1.54, 1.807) is 16.8 Å². The van der Waals surface area contributed by atoms with Gasteiger partial charge in [-0.2, -0.15) is 5.10 Å². The molecule has 5 heteroatoms. The molecule has 0 amide bonds. The first-order valence-electron chi connectivity index (χ1n) is 6.08. The molecule has 4 nitrogen and oxygen atoms in total. The van der Waals surface area contributed by atoms with E-state index >= 15 is 0 Å². The third-order valence-corrected chi connectivity index (χ3v) is 2.98. The molecule has 2 aromatic heterocycles. The van der Waals surface area contributed by atoms with Crippen molar-refractivity contribution in [3.05, 3.63) is 54.1 Å². The Morgan fingerprint density at radius 1 is 1.26 bits per heavy atom. The maximum atomic E-state index is 13.4. The van der Waals surface area contributed by atoms with Crippen LogP contribution in [0.1, 0.15) is 5.56 Å². The van der Waals surface area contributed by atoms with Gasteiger partial charge < -0.3 is 5.73 Å². The average Bonchev–Trinajstić information content (AvgIpc) is 2.79. The standard InChI is InChI=1S/C14H13FN4/c15-11-4-1-3-10(9-11)13-12(5-6-16)14-17-7-2-8-19(14)18-13/h1-4,7-9H,5-6,16H2. The molecule has 0 atom stereocenters. The molecule has 96 valence electrons. The van der Waals surface area contributed by atoms with E-state index < -0.39 is 0 Å². The molecule has 2 N–H and O–H groups in total. The van der Waals surface area contributed by atoms with Crippen LogP contribution in [0.3, 0.4) is 0 Å². The van der Waals surface area contributed by atoms with Gasteiger partial charge >= 0.3 is 0 Å². The largest absolute Gasteiger partial charge is 0.330 e. The Bertz CT molecular complexity index is 720. The summed E-state index contributed by atoms with van der Waals surface area (Å²) in [5, 5.41) is 4.47. The van der Waals surface area contributed by atoms with Gasteiger partial charge in [0.2, 0.25) is 0 Å². The number of hydrogen-bond acceptors (Lipinski definition) is 3. The van der Waals surface area contributed by atoms with Gasteiger partial charge in [0.25, 0.3) is 0 Å². The SMILES string of the molecule is NCCc1c(-c2cccc(F)c2)nn2cccnc12. The van der Waals surface area contributed by atoms with Crippen LogP contribution >= 0.6 is 0 Å². The van der Waals surface area contributed by atoms with E-state index in [0.29, 0.717) is 13.0 Å². The van der Waals surface area contributed by atoms with Gasteiger partial charge in [-0.1, -0.05) is 12.1 Å². The van der Waals surface area contributed by atoms with Gasteiger partial charge in [0.05, 0.1) is 5.69 Å². The summed E-state index contributed by atoms with van der Waals surface area (Å²) < 4.78 is 15.1. The van der Waals surface area contributed by atoms with Crippen LogP contribution in [0.25, 0.3) is 16.9 Å². The number of aromatic nitrogens is 3. The zero-order valence-electron chi connectivity index (χ0n) is 10.3. The summed E-state index contributed by atoms with van der Waals surface area (Å²) in [5.41, 5.74) is 8.86.